The van der Waals surface area contributed by atoms with Gasteiger partial charge in [-0.15, -0.1) is 11.3 Å². The van der Waals surface area contributed by atoms with E-state index in [2.05, 4.69) is 11.4 Å². The monoisotopic (exact) mass is 409 g/mol. The molecule has 1 N–H and O–H groups in total. The summed E-state index contributed by atoms with van der Waals surface area (Å²) >= 11 is 1.48. The fraction of sp³-hybridized carbons (Fsp3) is 0.318. The molecule has 3 rings (SSSR count). The van der Waals surface area contributed by atoms with E-state index < -0.39 is 17.7 Å². The fourth-order valence-electron chi connectivity index (χ4n) is 2.88. The summed E-state index contributed by atoms with van der Waals surface area (Å²) < 4.78 is 11.7. The molecule has 0 radical (unpaired) electrons. The third-order valence-electron chi connectivity index (χ3n) is 4.16. The SMILES string of the molecule is COc1ccc2nc([C@H](Cc3ccccc3C#N)NC(=O)OC(C)(C)C)sc2c1. The van der Waals surface area contributed by atoms with Gasteiger partial charge in [0, 0.05) is 6.42 Å². The number of nitriles is 1. The van der Waals surface area contributed by atoms with E-state index >= 15 is 0 Å². The minimum atomic E-state index is -0.611. The van der Waals surface area contributed by atoms with Crippen LogP contribution >= 0.6 is 11.3 Å². The summed E-state index contributed by atoms with van der Waals surface area (Å²) in [6.07, 6.45) is -0.0892. The average molecular weight is 410 g/mol. The van der Waals surface area contributed by atoms with E-state index in [1.54, 1.807) is 13.2 Å². The molecule has 0 unspecified atom stereocenters. The number of ether oxygens (including phenoxy) is 2. The number of aromatic nitrogens is 1. The summed E-state index contributed by atoms with van der Waals surface area (Å²) in [7, 11) is 1.62. The van der Waals surface area contributed by atoms with Gasteiger partial charge in [0.05, 0.1) is 35.0 Å². The number of thiazole rings is 1. The maximum atomic E-state index is 12.5. The maximum Gasteiger partial charge on any atom is 0.408 e. The number of hydrogen-bond acceptors (Lipinski definition) is 6. The standard InChI is InChI=1S/C22H23N3O3S/c1-22(2,3)28-21(26)25-18(11-14-7-5-6-8-15(14)13-23)20-24-17-10-9-16(27-4)12-19(17)29-20/h5-10,12,18H,11H2,1-4H3,(H,25,26)/t18-/m0/s1. The van der Waals surface area contributed by atoms with Crippen LogP contribution in [0.4, 0.5) is 4.79 Å². The molecule has 0 aliphatic carbocycles. The van der Waals surface area contributed by atoms with Gasteiger partial charge >= 0.3 is 6.09 Å². The first-order valence-electron chi connectivity index (χ1n) is 9.21. The molecule has 2 aromatic carbocycles. The number of carbonyl (C=O) groups is 1. The van der Waals surface area contributed by atoms with Crippen LogP contribution in [0.15, 0.2) is 42.5 Å². The highest BCUT2D eigenvalue weighted by atomic mass is 32.1. The Morgan fingerprint density at radius 1 is 1.28 bits per heavy atom. The predicted octanol–water partition coefficient (Wildman–Crippen LogP) is 4.99. The van der Waals surface area contributed by atoms with E-state index in [4.69, 9.17) is 14.5 Å². The summed E-state index contributed by atoms with van der Waals surface area (Å²) in [4.78, 5) is 17.2. The van der Waals surface area contributed by atoms with E-state index in [9.17, 15) is 10.1 Å². The third kappa shape index (κ3) is 5.24. The van der Waals surface area contributed by atoms with Gasteiger partial charge in [-0.1, -0.05) is 18.2 Å². The van der Waals surface area contributed by atoms with Crippen molar-refractivity contribution in [3.63, 3.8) is 0 Å². The number of nitrogens with zero attached hydrogens (tertiary/aromatic N) is 2. The minimum Gasteiger partial charge on any atom is -0.497 e. The molecule has 29 heavy (non-hydrogen) atoms. The Hall–Kier alpha value is -3.11. The summed E-state index contributed by atoms with van der Waals surface area (Å²) in [5.74, 6) is 0.749. The molecule has 150 valence electrons. The summed E-state index contributed by atoms with van der Waals surface area (Å²) in [6.45, 7) is 5.45. The Labute approximate surface area is 174 Å². The molecule has 0 aliphatic heterocycles. The van der Waals surface area contributed by atoms with Crippen molar-refractivity contribution in [1.29, 1.82) is 5.26 Å². The zero-order valence-electron chi connectivity index (χ0n) is 16.9. The molecule has 1 amide bonds. The molecule has 0 saturated carbocycles. The topological polar surface area (TPSA) is 84.2 Å². The Morgan fingerprint density at radius 3 is 2.72 bits per heavy atom. The molecule has 6 nitrogen and oxygen atoms in total. The van der Waals surface area contributed by atoms with Gasteiger partial charge in [0.15, 0.2) is 0 Å². The van der Waals surface area contributed by atoms with Crippen LogP contribution in [0, 0.1) is 11.3 Å². The lowest BCUT2D eigenvalue weighted by Gasteiger charge is -2.23. The van der Waals surface area contributed by atoms with Crippen LogP contribution in [0.2, 0.25) is 0 Å². The van der Waals surface area contributed by atoms with E-state index in [-0.39, 0.29) is 0 Å². The highest BCUT2D eigenvalue weighted by Gasteiger charge is 2.24. The molecule has 0 saturated heterocycles. The van der Waals surface area contributed by atoms with Crippen LogP contribution in [0.25, 0.3) is 10.2 Å². The van der Waals surface area contributed by atoms with Gasteiger partial charge in [-0.25, -0.2) is 9.78 Å². The number of carbonyl (C=O) groups excluding carboxylic acids is 1. The highest BCUT2D eigenvalue weighted by Crippen LogP contribution is 2.31. The minimum absolute atomic E-state index is 0.428. The summed E-state index contributed by atoms with van der Waals surface area (Å²) in [5.41, 5.74) is 1.63. The molecule has 3 aromatic rings. The van der Waals surface area contributed by atoms with Crippen molar-refractivity contribution in [1.82, 2.24) is 10.3 Å². The number of fused-ring (bicyclic) bond motifs is 1. The molecule has 1 aromatic heterocycles. The number of amides is 1. The van der Waals surface area contributed by atoms with Crippen molar-refractivity contribution in [2.45, 2.75) is 38.8 Å². The first kappa shape index (κ1) is 20.6. The molecular weight excluding hydrogens is 386 g/mol. The summed E-state index contributed by atoms with van der Waals surface area (Å²) in [6, 6.07) is 14.8. The Balaban J connectivity index is 1.95. The number of benzene rings is 2. The first-order valence-corrected chi connectivity index (χ1v) is 10.0. The number of rotatable bonds is 5. The van der Waals surface area contributed by atoms with Crippen LogP contribution in [0.5, 0.6) is 5.75 Å². The van der Waals surface area contributed by atoms with Gasteiger partial charge in [-0.3, -0.25) is 0 Å². The first-order chi connectivity index (χ1) is 13.8. The molecule has 0 fully saturated rings. The lowest BCUT2D eigenvalue weighted by Crippen LogP contribution is -2.35. The molecule has 7 heteroatoms. The van der Waals surface area contributed by atoms with E-state index in [0.29, 0.717) is 12.0 Å². The largest absolute Gasteiger partial charge is 0.497 e. The quantitative estimate of drug-likeness (QED) is 0.642. The van der Waals surface area contributed by atoms with Crippen molar-refractivity contribution >= 4 is 27.6 Å². The Kier molecular flexibility index (Phi) is 6.04. The second kappa shape index (κ2) is 8.50. The second-order valence-corrected chi connectivity index (χ2v) is 8.62. The molecule has 1 heterocycles. The van der Waals surface area contributed by atoms with Gasteiger partial charge in [0.1, 0.15) is 16.4 Å². The zero-order valence-corrected chi connectivity index (χ0v) is 17.7. The fourth-order valence-corrected chi connectivity index (χ4v) is 3.92. The van der Waals surface area contributed by atoms with Gasteiger partial charge in [0.2, 0.25) is 0 Å². The Morgan fingerprint density at radius 2 is 2.03 bits per heavy atom. The molecule has 0 bridgehead atoms. The molecular formula is C22H23N3O3S. The van der Waals surface area contributed by atoms with Crippen molar-refractivity contribution in [3.8, 4) is 11.8 Å². The van der Waals surface area contributed by atoms with Crippen molar-refractivity contribution in [2.24, 2.45) is 0 Å². The third-order valence-corrected chi connectivity index (χ3v) is 5.29. The Bertz CT molecular complexity index is 1060. The number of alkyl carbamates (subject to hydrolysis) is 1. The average Bonchev–Trinajstić information content (AvgIpc) is 3.09. The molecule has 1 atom stereocenters. The van der Waals surface area contributed by atoms with E-state index in [1.807, 2.05) is 57.2 Å². The zero-order chi connectivity index (χ0) is 21.0. The lowest BCUT2D eigenvalue weighted by molar-refractivity contribution is 0.0503. The van der Waals surface area contributed by atoms with Crippen molar-refractivity contribution in [3.05, 3.63) is 58.6 Å². The van der Waals surface area contributed by atoms with Crippen LogP contribution in [-0.4, -0.2) is 23.8 Å². The van der Waals surface area contributed by atoms with Gasteiger partial charge in [-0.2, -0.15) is 5.26 Å². The smallest absolute Gasteiger partial charge is 0.408 e. The maximum absolute atomic E-state index is 12.5. The van der Waals surface area contributed by atoms with Crippen LogP contribution in [0.1, 0.15) is 42.9 Å². The van der Waals surface area contributed by atoms with Crippen LogP contribution in [0.3, 0.4) is 0 Å². The van der Waals surface area contributed by atoms with Crippen LogP contribution in [-0.2, 0) is 11.2 Å². The van der Waals surface area contributed by atoms with Crippen LogP contribution < -0.4 is 10.1 Å². The van der Waals surface area contributed by atoms with E-state index in [1.165, 1.54) is 11.3 Å². The number of nitrogens with one attached hydrogen (secondary N) is 1. The van der Waals surface area contributed by atoms with Gasteiger partial charge < -0.3 is 14.8 Å². The van der Waals surface area contributed by atoms with Crippen molar-refractivity contribution in [2.75, 3.05) is 7.11 Å². The molecule has 0 aliphatic rings. The number of methoxy groups -OCH3 is 1. The van der Waals surface area contributed by atoms with E-state index in [0.717, 1.165) is 26.5 Å². The second-order valence-electron chi connectivity index (χ2n) is 7.56. The lowest BCUT2D eigenvalue weighted by atomic mass is 10.0. The van der Waals surface area contributed by atoms with Gasteiger partial charge in [-0.05, 0) is 50.6 Å². The normalized spacial score (nSPS) is 12.2. The molecule has 0 spiro atoms. The van der Waals surface area contributed by atoms with Crippen molar-refractivity contribution < 1.29 is 14.3 Å². The highest BCUT2D eigenvalue weighted by molar-refractivity contribution is 7.18. The summed E-state index contributed by atoms with van der Waals surface area (Å²) in [5, 5.41) is 13.1. The number of hydrogen-bond donors (Lipinski definition) is 1. The predicted molar refractivity (Wildman–Crippen MR) is 113 cm³/mol. The van der Waals surface area contributed by atoms with Gasteiger partial charge in [0.25, 0.3) is 0 Å².